The first kappa shape index (κ1) is 29.6. The van der Waals surface area contributed by atoms with Crippen molar-refractivity contribution in [3.05, 3.63) is 42.2 Å². The van der Waals surface area contributed by atoms with Crippen LogP contribution >= 0.6 is 11.8 Å². The van der Waals surface area contributed by atoms with Gasteiger partial charge in [-0.05, 0) is 81.5 Å². The summed E-state index contributed by atoms with van der Waals surface area (Å²) in [7, 11) is -2.82. The molecule has 3 aliphatic carbocycles. The first-order valence-electron chi connectivity index (χ1n) is 14.3. The molecule has 7 nitrogen and oxygen atoms in total. The van der Waals surface area contributed by atoms with E-state index in [-0.39, 0.29) is 30.2 Å². The molecule has 42 heavy (non-hydrogen) atoms. The normalized spacial score (nSPS) is 24.0. The number of rotatable bonds is 10. The fourth-order valence-electron chi connectivity index (χ4n) is 6.05. The summed E-state index contributed by atoms with van der Waals surface area (Å²) < 4.78 is 77.6. The third kappa shape index (κ3) is 5.74. The number of sulfonamides is 1. The molecule has 1 N–H and O–H groups in total. The Morgan fingerprint density at radius 2 is 1.88 bits per heavy atom. The van der Waals surface area contributed by atoms with Gasteiger partial charge in [0.2, 0.25) is 15.9 Å². The van der Waals surface area contributed by atoms with E-state index in [1.807, 2.05) is 0 Å². The molecular formula is C30H35F3N2O5S2. The number of carboxylic acids is 1. The number of hydrogen-bond donors (Lipinski definition) is 1. The number of aliphatic carboxylic acids is 1. The van der Waals surface area contributed by atoms with Crippen molar-refractivity contribution < 1.29 is 36.2 Å². The molecule has 228 valence electrons. The first-order chi connectivity index (χ1) is 19.7. The second-order valence-corrected chi connectivity index (χ2v) is 16.0. The molecule has 0 amide bonds. The summed E-state index contributed by atoms with van der Waals surface area (Å²) in [6, 6.07) is 8.15. The number of fused-ring (bicyclic) bond motifs is 1. The molecule has 6 rings (SSSR count). The lowest BCUT2D eigenvalue weighted by atomic mass is 9.81. The van der Waals surface area contributed by atoms with Gasteiger partial charge in [0.25, 0.3) is 0 Å². The van der Waals surface area contributed by atoms with Crippen molar-refractivity contribution in [2.75, 3.05) is 25.1 Å². The van der Waals surface area contributed by atoms with Crippen LogP contribution in [0.15, 0.2) is 46.2 Å². The summed E-state index contributed by atoms with van der Waals surface area (Å²) in [5.74, 6) is -4.14. The second kappa shape index (κ2) is 10.3. The smallest absolute Gasteiger partial charge is 0.313 e. The molecule has 0 bridgehead atoms. The number of thioether (sulfide) groups is 1. The summed E-state index contributed by atoms with van der Waals surface area (Å²) in [5, 5.41) is 10.0. The monoisotopic (exact) mass is 624 g/mol. The van der Waals surface area contributed by atoms with Crippen LogP contribution in [-0.4, -0.2) is 61.2 Å². The molecule has 1 atom stereocenters. The van der Waals surface area contributed by atoms with Crippen molar-refractivity contribution in [2.24, 2.45) is 10.8 Å². The molecule has 3 fully saturated rings. The predicted molar refractivity (Wildman–Crippen MR) is 154 cm³/mol. The zero-order chi connectivity index (χ0) is 30.1. The molecular weight excluding hydrogens is 589 g/mol. The molecule has 0 saturated heterocycles. The maximum Gasteiger partial charge on any atom is 0.313 e. The number of alkyl halides is 2. The molecule has 2 aromatic carbocycles. The summed E-state index contributed by atoms with van der Waals surface area (Å²) in [4.78, 5) is 14.1. The van der Waals surface area contributed by atoms with Gasteiger partial charge in [-0.25, -0.2) is 21.6 Å². The average molecular weight is 625 g/mol. The average Bonchev–Trinajstić information content (AvgIpc) is 3.81. The number of anilines is 2. The van der Waals surface area contributed by atoms with E-state index in [0.29, 0.717) is 39.8 Å². The lowest BCUT2D eigenvalue weighted by Gasteiger charge is -2.36. The Labute approximate surface area is 248 Å². The molecule has 1 spiro atoms. The Morgan fingerprint density at radius 1 is 1.17 bits per heavy atom. The third-order valence-corrected chi connectivity index (χ3v) is 12.5. The first-order valence-corrected chi connectivity index (χ1v) is 16.6. The van der Waals surface area contributed by atoms with E-state index >= 15 is 0 Å². The maximum atomic E-state index is 14.4. The van der Waals surface area contributed by atoms with Gasteiger partial charge >= 0.3 is 5.97 Å². The fourth-order valence-corrected chi connectivity index (χ4v) is 9.26. The highest BCUT2D eigenvalue weighted by molar-refractivity contribution is 8.00. The summed E-state index contributed by atoms with van der Waals surface area (Å²) in [6.45, 7) is 0.766. The summed E-state index contributed by atoms with van der Waals surface area (Å²) >= 11 is 1.59. The fraction of sp³-hybridized carbons (Fsp3) is 0.567. The van der Waals surface area contributed by atoms with E-state index in [0.717, 1.165) is 24.1 Å². The van der Waals surface area contributed by atoms with Crippen LogP contribution in [0.5, 0.6) is 5.75 Å². The van der Waals surface area contributed by atoms with Crippen molar-refractivity contribution in [3.8, 4) is 5.75 Å². The minimum atomic E-state index is -4.20. The number of benzene rings is 2. The van der Waals surface area contributed by atoms with Crippen LogP contribution in [0.2, 0.25) is 0 Å². The van der Waals surface area contributed by atoms with Gasteiger partial charge in [-0.1, -0.05) is 6.07 Å². The largest absolute Gasteiger partial charge is 0.491 e. The lowest BCUT2D eigenvalue weighted by Crippen LogP contribution is -2.41. The Hall–Kier alpha value is -2.44. The number of nitrogens with zero attached hydrogens (tertiary/aromatic N) is 2. The predicted octanol–water partition coefficient (Wildman–Crippen LogP) is 6.68. The zero-order valence-corrected chi connectivity index (χ0v) is 25.2. The summed E-state index contributed by atoms with van der Waals surface area (Å²) in [6.07, 6.45) is 4.89. The maximum absolute atomic E-state index is 14.4. The lowest BCUT2D eigenvalue weighted by molar-refractivity contribution is -0.144. The standard InChI is InChI=1S/C30H35F3N2O5S2/c1-28(32,33)7-6-21-17-35(20-5-3-4-19(31)12-20)23-13-25(41-22-15-29(16-22)8-9-29)24(14-26(23)42(38,39)34(21)2)40-18-30(10-11-30)27(36)37/h3-5,12-14,21-22H,6-11,15-18H2,1-2H3,(H,36,37). The third-order valence-electron chi connectivity index (χ3n) is 9.30. The van der Waals surface area contributed by atoms with Crippen molar-refractivity contribution in [1.82, 2.24) is 4.31 Å². The van der Waals surface area contributed by atoms with Gasteiger partial charge in [-0.3, -0.25) is 4.79 Å². The van der Waals surface area contributed by atoms with Gasteiger partial charge in [-0.15, -0.1) is 11.8 Å². The molecule has 2 aromatic rings. The molecule has 3 saturated carbocycles. The van der Waals surface area contributed by atoms with Gasteiger partial charge in [0, 0.05) is 43.1 Å². The Kier molecular flexibility index (Phi) is 7.29. The highest BCUT2D eigenvalue weighted by Crippen LogP contribution is 2.65. The van der Waals surface area contributed by atoms with Crippen molar-refractivity contribution in [2.45, 2.75) is 85.3 Å². The van der Waals surface area contributed by atoms with Gasteiger partial charge in [-0.2, -0.15) is 4.31 Å². The van der Waals surface area contributed by atoms with E-state index in [4.69, 9.17) is 4.74 Å². The molecule has 0 aromatic heterocycles. The van der Waals surface area contributed by atoms with Gasteiger partial charge in [0.05, 0.1) is 10.6 Å². The van der Waals surface area contributed by atoms with Crippen molar-refractivity contribution in [3.63, 3.8) is 0 Å². The Morgan fingerprint density at radius 3 is 2.48 bits per heavy atom. The SMILES string of the molecule is CN1C(CCC(C)(F)F)CN(c2cccc(F)c2)c2cc(SC3CC4(CC4)C3)c(OCC3(C(=O)O)CC3)cc2S1(=O)=O. The molecule has 0 radical (unpaired) electrons. The van der Waals surface area contributed by atoms with Crippen molar-refractivity contribution >= 4 is 39.1 Å². The quantitative estimate of drug-likeness (QED) is 0.316. The van der Waals surface area contributed by atoms with Gasteiger partial charge in [0.1, 0.15) is 28.5 Å². The van der Waals surface area contributed by atoms with Crippen LogP contribution in [0.25, 0.3) is 0 Å². The summed E-state index contributed by atoms with van der Waals surface area (Å²) in [5.41, 5.74) is 0.166. The number of likely N-dealkylation sites (N-methyl/N-ethyl adjacent to an activating group) is 1. The minimum Gasteiger partial charge on any atom is -0.491 e. The van der Waals surface area contributed by atoms with Gasteiger partial charge in [0.15, 0.2) is 0 Å². The van der Waals surface area contributed by atoms with Crippen LogP contribution in [0.3, 0.4) is 0 Å². The minimum absolute atomic E-state index is 0.0429. The van der Waals surface area contributed by atoms with E-state index in [2.05, 4.69) is 0 Å². The molecule has 1 heterocycles. The van der Waals surface area contributed by atoms with Crippen LogP contribution in [0, 0.1) is 16.6 Å². The molecule has 1 aliphatic heterocycles. The van der Waals surface area contributed by atoms with E-state index in [9.17, 15) is 31.5 Å². The second-order valence-electron chi connectivity index (χ2n) is 12.7. The van der Waals surface area contributed by atoms with Crippen molar-refractivity contribution in [1.29, 1.82) is 0 Å². The highest BCUT2D eigenvalue weighted by Gasteiger charge is 2.54. The highest BCUT2D eigenvalue weighted by atomic mass is 32.2. The van der Waals surface area contributed by atoms with Crippen LogP contribution < -0.4 is 9.64 Å². The van der Waals surface area contributed by atoms with Crippen LogP contribution in [-0.2, 0) is 14.8 Å². The number of hydrogen-bond acceptors (Lipinski definition) is 6. The number of carboxylic acid groups (broad SMARTS) is 1. The van der Waals surface area contributed by atoms with Crippen LogP contribution in [0.4, 0.5) is 24.5 Å². The Bertz CT molecular complexity index is 1500. The molecule has 12 heteroatoms. The molecule has 1 unspecified atom stereocenters. The Balaban J connectivity index is 1.44. The number of carbonyl (C=O) groups is 1. The van der Waals surface area contributed by atoms with Gasteiger partial charge < -0.3 is 14.7 Å². The molecule has 4 aliphatic rings. The van der Waals surface area contributed by atoms with E-state index in [1.54, 1.807) is 28.8 Å². The van der Waals surface area contributed by atoms with E-state index in [1.165, 1.54) is 44.2 Å². The number of halogens is 3. The topological polar surface area (TPSA) is 87.2 Å². The van der Waals surface area contributed by atoms with E-state index < -0.39 is 45.6 Å². The zero-order valence-electron chi connectivity index (χ0n) is 23.6. The number of ether oxygens (including phenoxy) is 1. The van der Waals surface area contributed by atoms with Crippen LogP contribution in [0.1, 0.15) is 58.3 Å².